The second kappa shape index (κ2) is 6.80. The normalized spacial score (nSPS) is 13.9. The lowest BCUT2D eigenvalue weighted by Crippen LogP contribution is -2.43. The lowest BCUT2D eigenvalue weighted by molar-refractivity contribution is 0.241. The van der Waals surface area contributed by atoms with Gasteiger partial charge in [-0.15, -0.1) is 0 Å². The molecule has 1 rings (SSSR count). The van der Waals surface area contributed by atoms with Gasteiger partial charge in [0.1, 0.15) is 0 Å². The van der Waals surface area contributed by atoms with E-state index in [-0.39, 0.29) is 5.41 Å². The SMILES string of the molecule is CCCCCNC(Cn1ccnc1)C(C)(C)C. The van der Waals surface area contributed by atoms with Gasteiger partial charge in [0.05, 0.1) is 6.33 Å². The van der Waals surface area contributed by atoms with Crippen molar-refractivity contribution in [1.29, 1.82) is 0 Å². The molecule has 0 saturated carbocycles. The molecule has 0 aliphatic rings. The van der Waals surface area contributed by atoms with Gasteiger partial charge in [-0.25, -0.2) is 4.98 Å². The highest BCUT2D eigenvalue weighted by atomic mass is 15.1. The molecule has 98 valence electrons. The predicted molar refractivity (Wildman–Crippen MR) is 73.0 cm³/mol. The van der Waals surface area contributed by atoms with Gasteiger partial charge in [0.2, 0.25) is 0 Å². The van der Waals surface area contributed by atoms with Crippen molar-refractivity contribution in [1.82, 2.24) is 14.9 Å². The van der Waals surface area contributed by atoms with Gasteiger partial charge in [-0.3, -0.25) is 0 Å². The van der Waals surface area contributed by atoms with Crippen LogP contribution in [-0.4, -0.2) is 22.1 Å². The van der Waals surface area contributed by atoms with Crippen LogP contribution in [0.3, 0.4) is 0 Å². The molecule has 0 amide bonds. The number of nitrogens with zero attached hydrogens (tertiary/aromatic N) is 2. The number of aromatic nitrogens is 2. The van der Waals surface area contributed by atoms with E-state index in [9.17, 15) is 0 Å². The summed E-state index contributed by atoms with van der Waals surface area (Å²) < 4.78 is 2.16. The van der Waals surface area contributed by atoms with Crippen molar-refractivity contribution in [2.24, 2.45) is 5.41 Å². The maximum Gasteiger partial charge on any atom is 0.0946 e. The molecule has 1 unspecified atom stereocenters. The summed E-state index contributed by atoms with van der Waals surface area (Å²) >= 11 is 0. The topological polar surface area (TPSA) is 29.9 Å². The van der Waals surface area contributed by atoms with Crippen molar-refractivity contribution in [2.75, 3.05) is 6.54 Å². The first-order valence-corrected chi connectivity index (χ1v) is 6.73. The third-order valence-corrected chi connectivity index (χ3v) is 3.17. The van der Waals surface area contributed by atoms with E-state index >= 15 is 0 Å². The Balaban J connectivity index is 2.44. The highest BCUT2D eigenvalue weighted by molar-refractivity contribution is 4.84. The number of imidazole rings is 1. The summed E-state index contributed by atoms with van der Waals surface area (Å²) in [7, 11) is 0. The monoisotopic (exact) mass is 237 g/mol. The molecule has 0 bridgehead atoms. The predicted octanol–water partition coefficient (Wildman–Crippen LogP) is 3.08. The molecule has 0 aliphatic carbocycles. The number of hydrogen-bond donors (Lipinski definition) is 1. The first-order chi connectivity index (χ1) is 8.04. The summed E-state index contributed by atoms with van der Waals surface area (Å²) in [5.74, 6) is 0. The van der Waals surface area contributed by atoms with Gasteiger partial charge in [-0.1, -0.05) is 40.5 Å². The maximum atomic E-state index is 4.10. The molecule has 1 heterocycles. The van der Waals surface area contributed by atoms with E-state index in [1.54, 1.807) is 0 Å². The van der Waals surface area contributed by atoms with E-state index in [0.717, 1.165) is 13.1 Å². The Bertz CT molecular complexity index is 285. The molecule has 1 atom stereocenters. The molecule has 1 aromatic heterocycles. The van der Waals surface area contributed by atoms with Crippen LogP contribution in [0.5, 0.6) is 0 Å². The second-order valence-electron chi connectivity index (χ2n) is 5.84. The molecule has 0 saturated heterocycles. The van der Waals surface area contributed by atoms with Gasteiger partial charge >= 0.3 is 0 Å². The Morgan fingerprint density at radius 1 is 1.29 bits per heavy atom. The van der Waals surface area contributed by atoms with Crippen molar-refractivity contribution in [3.63, 3.8) is 0 Å². The smallest absolute Gasteiger partial charge is 0.0946 e. The first kappa shape index (κ1) is 14.2. The van der Waals surface area contributed by atoms with Crippen molar-refractivity contribution < 1.29 is 0 Å². The van der Waals surface area contributed by atoms with E-state index in [2.05, 4.69) is 42.6 Å². The molecule has 17 heavy (non-hydrogen) atoms. The Kier molecular flexibility index (Phi) is 5.69. The lowest BCUT2D eigenvalue weighted by Gasteiger charge is -2.32. The van der Waals surface area contributed by atoms with Crippen LogP contribution in [0.25, 0.3) is 0 Å². The van der Waals surface area contributed by atoms with Crippen LogP contribution < -0.4 is 5.32 Å². The quantitative estimate of drug-likeness (QED) is 0.739. The van der Waals surface area contributed by atoms with E-state index in [1.807, 2.05) is 18.7 Å². The average molecular weight is 237 g/mol. The average Bonchev–Trinajstić information content (AvgIpc) is 2.73. The van der Waals surface area contributed by atoms with Crippen LogP contribution >= 0.6 is 0 Å². The number of hydrogen-bond acceptors (Lipinski definition) is 2. The Morgan fingerprint density at radius 2 is 2.06 bits per heavy atom. The molecule has 3 heteroatoms. The molecule has 0 spiro atoms. The molecule has 1 N–H and O–H groups in total. The zero-order valence-electron chi connectivity index (χ0n) is 11.7. The van der Waals surface area contributed by atoms with Crippen molar-refractivity contribution in [3.8, 4) is 0 Å². The fraction of sp³-hybridized carbons (Fsp3) is 0.786. The first-order valence-electron chi connectivity index (χ1n) is 6.73. The van der Waals surface area contributed by atoms with E-state index in [4.69, 9.17) is 0 Å². The summed E-state index contributed by atoms with van der Waals surface area (Å²) in [5, 5.41) is 3.68. The molecule has 0 aliphatic heterocycles. The van der Waals surface area contributed by atoms with Gasteiger partial charge < -0.3 is 9.88 Å². The summed E-state index contributed by atoms with van der Waals surface area (Å²) in [4.78, 5) is 4.10. The van der Waals surface area contributed by atoms with Crippen molar-refractivity contribution >= 4 is 0 Å². The molecule has 0 aromatic carbocycles. The molecule has 0 radical (unpaired) electrons. The van der Waals surface area contributed by atoms with Crippen LogP contribution in [0, 0.1) is 5.41 Å². The largest absolute Gasteiger partial charge is 0.336 e. The van der Waals surface area contributed by atoms with E-state index < -0.39 is 0 Å². The zero-order valence-corrected chi connectivity index (χ0v) is 11.7. The Morgan fingerprint density at radius 3 is 2.59 bits per heavy atom. The third kappa shape index (κ3) is 5.35. The molecule has 0 fully saturated rings. The molecule has 3 nitrogen and oxygen atoms in total. The van der Waals surface area contributed by atoms with Crippen LogP contribution in [-0.2, 0) is 6.54 Å². The minimum atomic E-state index is 0.274. The second-order valence-corrected chi connectivity index (χ2v) is 5.84. The number of nitrogens with one attached hydrogen (secondary N) is 1. The highest BCUT2D eigenvalue weighted by Gasteiger charge is 2.23. The molecule has 1 aromatic rings. The molecular formula is C14H27N3. The fourth-order valence-electron chi connectivity index (χ4n) is 1.90. The fourth-order valence-corrected chi connectivity index (χ4v) is 1.90. The molecular weight excluding hydrogens is 210 g/mol. The Labute approximate surface area is 106 Å². The maximum absolute atomic E-state index is 4.10. The van der Waals surface area contributed by atoms with Crippen LogP contribution in [0.1, 0.15) is 47.0 Å². The Hall–Kier alpha value is -0.830. The van der Waals surface area contributed by atoms with Gasteiger partial charge in [0, 0.05) is 25.0 Å². The summed E-state index contributed by atoms with van der Waals surface area (Å²) in [6, 6.07) is 0.494. The van der Waals surface area contributed by atoms with Gasteiger partial charge in [-0.05, 0) is 18.4 Å². The van der Waals surface area contributed by atoms with Gasteiger partial charge in [0.25, 0.3) is 0 Å². The van der Waals surface area contributed by atoms with Gasteiger partial charge in [-0.2, -0.15) is 0 Å². The third-order valence-electron chi connectivity index (χ3n) is 3.17. The van der Waals surface area contributed by atoms with E-state index in [0.29, 0.717) is 6.04 Å². The highest BCUT2D eigenvalue weighted by Crippen LogP contribution is 2.20. The minimum absolute atomic E-state index is 0.274. The zero-order chi connectivity index (χ0) is 12.7. The number of rotatable bonds is 7. The van der Waals surface area contributed by atoms with Crippen LogP contribution in [0.15, 0.2) is 18.7 Å². The van der Waals surface area contributed by atoms with Crippen LogP contribution in [0.2, 0.25) is 0 Å². The number of unbranched alkanes of at least 4 members (excludes halogenated alkanes) is 2. The lowest BCUT2D eigenvalue weighted by atomic mass is 9.86. The summed E-state index contributed by atoms with van der Waals surface area (Å²) in [6.07, 6.45) is 9.64. The summed E-state index contributed by atoms with van der Waals surface area (Å²) in [5.41, 5.74) is 0.274. The minimum Gasteiger partial charge on any atom is -0.336 e. The van der Waals surface area contributed by atoms with Crippen molar-refractivity contribution in [2.45, 2.75) is 59.5 Å². The van der Waals surface area contributed by atoms with Gasteiger partial charge in [0.15, 0.2) is 0 Å². The standard InChI is InChI=1S/C14H27N3/c1-5-6-7-8-16-13(14(2,3)4)11-17-10-9-15-12-17/h9-10,12-13,16H,5-8,11H2,1-4H3. The van der Waals surface area contributed by atoms with Crippen LogP contribution in [0.4, 0.5) is 0 Å². The van der Waals surface area contributed by atoms with Crippen molar-refractivity contribution in [3.05, 3.63) is 18.7 Å². The summed E-state index contributed by atoms with van der Waals surface area (Å²) in [6.45, 7) is 11.2. The van der Waals surface area contributed by atoms with E-state index in [1.165, 1.54) is 19.3 Å².